The summed E-state index contributed by atoms with van der Waals surface area (Å²) in [7, 11) is 1.73. The third-order valence-corrected chi connectivity index (χ3v) is 5.03. The topological polar surface area (TPSA) is 48.9 Å². The first-order valence-electron chi connectivity index (χ1n) is 10.1. The second kappa shape index (κ2) is 11.9. The number of likely N-dealkylation sites (tertiary alicyclic amines) is 1. The number of guanidine groups is 1. The van der Waals surface area contributed by atoms with E-state index in [1.165, 1.54) is 43.5 Å². The summed E-state index contributed by atoms with van der Waals surface area (Å²) in [6.07, 6.45) is 5.23. The van der Waals surface area contributed by atoms with Gasteiger partial charge in [0, 0.05) is 32.8 Å². The zero-order valence-electron chi connectivity index (χ0n) is 16.8. The van der Waals surface area contributed by atoms with Crippen molar-refractivity contribution in [1.82, 2.24) is 15.5 Å². The number of hydrogen-bond acceptors (Lipinski definition) is 3. The highest BCUT2D eigenvalue weighted by atomic mass is 16.5. The summed E-state index contributed by atoms with van der Waals surface area (Å²) >= 11 is 0. The molecule has 5 nitrogen and oxygen atoms in total. The molecule has 2 rings (SSSR count). The molecule has 1 aliphatic rings. The third-order valence-electron chi connectivity index (χ3n) is 5.03. The lowest BCUT2D eigenvalue weighted by molar-refractivity contribution is 0.159. The lowest BCUT2D eigenvalue weighted by Gasteiger charge is -2.33. The molecule has 0 amide bonds. The van der Waals surface area contributed by atoms with Gasteiger partial charge in [0.15, 0.2) is 5.96 Å². The first-order chi connectivity index (χ1) is 12.7. The molecule has 5 heteroatoms. The number of nitrogens with zero attached hydrogens (tertiary/aromatic N) is 2. The molecule has 1 heterocycles. The van der Waals surface area contributed by atoms with Crippen LogP contribution in [0.5, 0.6) is 0 Å². The van der Waals surface area contributed by atoms with Crippen molar-refractivity contribution in [3.8, 4) is 0 Å². The molecule has 0 radical (unpaired) electrons. The van der Waals surface area contributed by atoms with Crippen molar-refractivity contribution in [2.45, 2.75) is 58.7 Å². The van der Waals surface area contributed by atoms with Crippen LogP contribution in [0.25, 0.3) is 0 Å². The number of ether oxygens (including phenoxy) is 1. The van der Waals surface area contributed by atoms with Crippen LogP contribution in [-0.2, 0) is 17.9 Å². The van der Waals surface area contributed by atoms with Gasteiger partial charge in [-0.2, -0.15) is 0 Å². The number of methoxy groups -OCH3 is 1. The summed E-state index contributed by atoms with van der Waals surface area (Å²) in [5.41, 5.74) is 2.42. The molecule has 0 aromatic heterocycles. The van der Waals surface area contributed by atoms with E-state index in [-0.39, 0.29) is 0 Å². The molecule has 0 bridgehead atoms. The minimum absolute atomic E-state index is 0.629. The van der Waals surface area contributed by atoms with Crippen molar-refractivity contribution in [1.29, 1.82) is 0 Å². The van der Waals surface area contributed by atoms with Gasteiger partial charge in [0.2, 0.25) is 0 Å². The fourth-order valence-electron chi connectivity index (χ4n) is 3.49. The predicted octanol–water partition coefficient (Wildman–Crippen LogP) is 3.15. The number of nitrogens with one attached hydrogen (secondary N) is 2. The standard InChI is InChI=1S/C21H36N4O/c1-4-22-21(23-13-9-15-25-14-8-7-10-18(25)2)24-16-19-11-5-6-12-20(19)17-26-3/h5-6,11-12,18H,4,7-10,13-17H2,1-3H3,(H2,22,23,24). The molecule has 0 spiro atoms. The number of hydrogen-bond donors (Lipinski definition) is 2. The Balaban J connectivity index is 1.81. The Morgan fingerprint density at radius 2 is 2.04 bits per heavy atom. The fraction of sp³-hybridized carbons (Fsp3) is 0.667. The van der Waals surface area contributed by atoms with Gasteiger partial charge in [-0.3, -0.25) is 0 Å². The minimum Gasteiger partial charge on any atom is -0.380 e. The maximum atomic E-state index is 5.28. The third kappa shape index (κ3) is 6.96. The van der Waals surface area contributed by atoms with Crippen molar-refractivity contribution in [2.75, 3.05) is 33.3 Å². The highest BCUT2D eigenvalue weighted by molar-refractivity contribution is 5.79. The van der Waals surface area contributed by atoms with Gasteiger partial charge in [-0.15, -0.1) is 0 Å². The summed E-state index contributed by atoms with van der Waals surface area (Å²) in [4.78, 5) is 7.37. The molecule has 1 aromatic carbocycles. The average molecular weight is 361 g/mol. The molecule has 0 aliphatic carbocycles. The van der Waals surface area contributed by atoms with Crippen LogP contribution >= 0.6 is 0 Å². The van der Waals surface area contributed by atoms with E-state index in [1.54, 1.807) is 7.11 Å². The molecule has 2 N–H and O–H groups in total. The number of rotatable bonds is 9. The Labute approximate surface area is 159 Å². The second-order valence-electron chi connectivity index (χ2n) is 7.06. The van der Waals surface area contributed by atoms with Crippen molar-refractivity contribution < 1.29 is 4.74 Å². The zero-order chi connectivity index (χ0) is 18.6. The molecule has 1 saturated heterocycles. The van der Waals surface area contributed by atoms with Crippen LogP contribution in [0.1, 0.15) is 50.7 Å². The first-order valence-corrected chi connectivity index (χ1v) is 10.1. The van der Waals surface area contributed by atoms with Crippen molar-refractivity contribution in [3.05, 3.63) is 35.4 Å². The van der Waals surface area contributed by atoms with E-state index in [4.69, 9.17) is 9.73 Å². The van der Waals surface area contributed by atoms with Crippen molar-refractivity contribution >= 4 is 5.96 Å². The molecular formula is C21H36N4O. The summed E-state index contributed by atoms with van der Waals surface area (Å²) in [6.45, 7) is 10.0. The summed E-state index contributed by atoms with van der Waals surface area (Å²) in [5.74, 6) is 0.895. The Hall–Kier alpha value is -1.59. The zero-order valence-corrected chi connectivity index (χ0v) is 16.8. The van der Waals surface area contributed by atoms with Gasteiger partial charge < -0.3 is 20.3 Å². The number of aliphatic imine (C=N–C) groups is 1. The molecule has 146 valence electrons. The van der Waals surface area contributed by atoms with Crippen LogP contribution in [0, 0.1) is 0 Å². The Kier molecular flexibility index (Phi) is 9.50. The highest BCUT2D eigenvalue weighted by Crippen LogP contribution is 2.16. The Morgan fingerprint density at radius 1 is 1.23 bits per heavy atom. The molecular weight excluding hydrogens is 324 g/mol. The quantitative estimate of drug-likeness (QED) is 0.403. The van der Waals surface area contributed by atoms with Crippen LogP contribution in [0.2, 0.25) is 0 Å². The van der Waals surface area contributed by atoms with E-state index < -0.39 is 0 Å². The van der Waals surface area contributed by atoms with Crippen LogP contribution in [-0.4, -0.2) is 50.2 Å². The van der Waals surface area contributed by atoms with E-state index in [9.17, 15) is 0 Å². The SMILES string of the molecule is CCNC(=NCc1ccccc1COC)NCCCN1CCCCC1C. The van der Waals surface area contributed by atoms with Gasteiger partial charge in [-0.1, -0.05) is 30.7 Å². The van der Waals surface area contributed by atoms with E-state index in [0.29, 0.717) is 13.2 Å². The lowest BCUT2D eigenvalue weighted by Crippen LogP contribution is -2.41. The Morgan fingerprint density at radius 3 is 2.77 bits per heavy atom. The van der Waals surface area contributed by atoms with E-state index in [2.05, 4.69) is 47.6 Å². The minimum atomic E-state index is 0.629. The summed E-state index contributed by atoms with van der Waals surface area (Å²) in [6, 6.07) is 9.08. The summed E-state index contributed by atoms with van der Waals surface area (Å²) in [5, 5.41) is 6.82. The average Bonchev–Trinajstić information content (AvgIpc) is 2.65. The van der Waals surface area contributed by atoms with Gasteiger partial charge in [0.05, 0.1) is 13.2 Å². The van der Waals surface area contributed by atoms with Crippen LogP contribution in [0.15, 0.2) is 29.3 Å². The number of benzene rings is 1. The first kappa shape index (κ1) is 20.7. The fourth-order valence-corrected chi connectivity index (χ4v) is 3.49. The van der Waals surface area contributed by atoms with Gasteiger partial charge in [0.1, 0.15) is 0 Å². The lowest BCUT2D eigenvalue weighted by atomic mass is 10.0. The van der Waals surface area contributed by atoms with Gasteiger partial charge in [0.25, 0.3) is 0 Å². The van der Waals surface area contributed by atoms with Crippen molar-refractivity contribution in [3.63, 3.8) is 0 Å². The molecule has 1 unspecified atom stereocenters. The molecule has 0 saturated carbocycles. The molecule has 26 heavy (non-hydrogen) atoms. The molecule has 1 atom stereocenters. The summed E-state index contributed by atoms with van der Waals surface area (Å²) < 4.78 is 5.28. The van der Waals surface area contributed by atoms with Gasteiger partial charge >= 0.3 is 0 Å². The highest BCUT2D eigenvalue weighted by Gasteiger charge is 2.17. The molecule has 1 aromatic rings. The number of piperidine rings is 1. The monoisotopic (exact) mass is 360 g/mol. The normalized spacial score (nSPS) is 18.7. The van der Waals surface area contributed by atoms with Crippen LogP contribution < -0.4 is 10.6 Å². The Bertz CT molecular complexity index is 547. The molecule has 1 aliphatic heterocycles. The molecule has 1 fully saturated rings. The van der Waals surface area contributed by atoms with E-state index >= 15 is 0 Å². The predicted molar refractivity (Wildman–Crippen MR) is 109 cm³/mol. The van der Waals surface area contributed by atoms with Crippen LogP contribution in [0.4, 0.5) is 0 Å². The second-order valence-corrected chi connectivity index (χ2v) is 7.06. The maximum Gasteiger partial charge on any atom is 0.191 e. The maximum absolute atomic E-state index is 5.28. The van der Waals surface area contributed by atoms with Crippen LogP contribution in [0.3, 0.4) is 0 Å². The van der Waals surface area contributed by atoms with E-state index in [1.807, 2.05) is 6.07 Å². The van der Waals surface area contributed by atoms with E-state index in [0.717, 1.165) is 31.5 Å². The smallest absolute Gasteiger partial charge is 0.191 e. The largest absolute Gasteiger partial charge is 0.380 e. The van der Waals surface area contributed by atoms with Gasteiger partial charge in [-0.25, -0.2) is 4.99 Å². The van der Waals surface area contributed by atoms with Gasteiger partial charge in [-0.05, 0) is 50.8 Å². The van der Waals surface area contributed by atoms with Crippen molar-refractivity contribution in [2.24, 2.45) is 4.99 Å².